The van der Waals surface area contributed by atoms with Crippen molar-refractivity contribution in [1.29, 1.82) is 10.5 Å². The molecule has 0 aliphatic rings. The van der Waals surface area contributed by atoms with Crippen LogP contribution in [0.4, 0.5) is 0 Å². The molecule has 0 spiro atoms. The fourth-order valence-electron chi connectivity index (χ4n) is 1.54. The molecule has 0 unspecified atom stereocenters. The van der Waals surface area contributed by atoms with Gasteiger partial charge in [-0.25, -0.2) is 9.97 Å². The molecule has 0 radical (unpaired) electrons. The predicted octanol–water partition coefficient (Wildman–Crippen LogP) is 2.25. The highest BCUT2D eigenvalue weighted by Crippen LogP contribution is 2.20. The van der Waals surface area contributed by atoms with Gasteiger partial charge in [-0.1, -0.05) is 13.8 Å². The van der Waals surface area contributed by atoms with Crippen molar-refractivity contribution in [3.05, 3.63) is 33.8 Å². The van der Waals surface area contributed by atoms with Crippen LogP contribution in [0.15, 0.2) is 11.7 Å². The molecule has 0 bridgehead atoms. The van der Waals surface area contributed by atoms with Crippen LogP contribution in [0.3, 0.4) is 0 Å². The maximum absolute atomic E-state index is 9.01. The standard InChI is InChI=1S/C12H11N5S/c1-8(2)12-16-9(6-18-12)5-17-7-15-10(3-13)11(17)4-14/h6-8H,5H2,1-2H3. The second kappa shape index (κ2) is 4.99. The maximum Gasteiger partial charge on any atom is 0.176 e. The highest BCUT2D eigenvalue weighted by Gasteiger charge is 2.12. The molecule has 0 N–H and O–H groups in total. The average Bonchev–Trinajstić information content (AvgIpc) is 2.95. The first-order chi connectivity index (χ1) is 8.65. The summed E-state index contributed by atoms with van der Waals surface area (Å²) in [5, 5.41) is 20.9. The Kier molecular flexibility index (Phi) is 3.40. The molecule has 2 aromatic heterocycles. The van der Waals surface area contributed by atoms with Crippen LogP contribution in [0.2, 0.25) is 0 Å². The molecule has 18 heavy (non-hydrogen) atoms. The Morgan fingerprint density at radius 3 is 2.72 bits per heavy atom. The van der Waals surface area contributed by atoms with Crippen molar-refractivity contribution in [2.24, 2.45) is 0 Å². The number of hydrogen-bond acceptors (Lipinski definition) is 5. The molecule has 2 rings (SSSR count). The molecule has 0 aliphatic carbocycles. The van der Waals surface area contributed by atoms with E-state index in [0.717, 1.165) is 10.7 Å². The van der Waals surface area contributed by atoms with Crippen molar-refractivity contribution in [2.45, 2.75) is 26.3 Å². The van der Waals surface area contributed by atoms with Gasteiger partial charge in [-0.15, -0.1) is 11.3 Å². The molecule has 5 nitrogen and oxygen atoms in total. The second-order valence-corrected chi connectivity index (χ2v) is 5.01. The minimum absolute atomic E-state index is 0.164. The second-order valence-electron chi connectivity index (χ2n) is 4.13. The van der Waals surface area contributed by atoms with Gasteiger partial charge in [-0.05, 0) is 0 Å². The van der Waals surface area contributed by atoms with Gasteiger partial charge in [0.05, 0.1) is 23.6 Å². The Morgan fingerprint density at radius 2 is 2.17 bits per heavy atom. The molecular formula is C12H11N5S. The van der Waals surface area contributed by atoms with Crippen molar-refractivity contribution >= 4 is 11.3 Å². The lowest BCUT2D eigenvalue weighted by atomic mass is 10.2. The minimum atomic E-state index is 0.164. The zero-order valence-electron chi connectivity index (χ0n) is 10.1. The average molecular weight is 257 g/mol. The van der Waals surface area contributed by atoms with Crippen molar-refractivity contribution in [2.75, 3.05) is 0 Å². The van der Waals surface area contributed by atoms with Crippen LogP contribution in [-0.2, 0) is 6.54 Å². The first-order valence-electron chi connectivity index (χ1n) is 5.45. The minimum Gasteiger partial charge on any atom is -0.315 e. The third-order valence-corrected chi connectivity index (χ3v) is 3.64. The lowest BCUT2D eigenvalue weighted by Crippen LogP contribution is -2.02. The zero-order chi connectivity index (χ0) is 13.1. The summed E-state index contributed by atoms with van der Waals surface area (Å²) in [6, 6.07) is 3.90. The summed E-state index contributed by atoms with van der Waals surface area (Å²) >= 11 is 1.61. The summed E-state index contributed by atoms with van der Waals surface area (Å²) in [7, 11) is 0. The van der Waals surface area contributed by atoms with E-state index in [1.807, 2.05) is 17.5 Å². The van der Waals surface area contributed by atoms with Crippen molar-refractivity contribution in [3.63, 3.8) is 0 Å². The molecule has 0 fully saturated rings. The lowest BCUT2D eigenvalue weighted by molar-refractivity contribution is 0.754. The van der Waals surface area contributed by atoms with E-state index >= 15 is 0 Å². The Labute approximate surface area is 109 Å². The van der Waals surface area contributed by atoms with Gasteiger partial charge in [0.1, 0.15) is 12.1 Å². The van der Waals surface area contributed by atoms with Gasteiger partial charge >= 0.3 is 0 Å². The number of nitrogens with zero attached hydrogens (tertiary/aromatic N) is 5. The van der Waals surface area contributed by atoms with E-state index in [9.17, 15) is 0 Å². The number of imidazole rings is 1. The Balaban J connectivity index is 2.27. The molecule has 0 saturated heterocycles. The molecule has 0 amide bonds. The smallest absolute Gasteiger partial charge is 0.176 e. The molecule has 0 saturated carbocycles. The van der Waals surface area contributed by atoms with E-state index in [1.165, 1.54) is 6.33 Å². The van der Waals surface area contributed by atoms with E-state index in [-0.39, 0.29) is 11.4 Å². The Hall–Kier alpha value is -2.18. The molecule has 2 aromatic rings. The molecular weight excluding hydrogens is 246 g/mol. The summed E-state index contributed by atoms with van der Waals surface area (Å²) in [6.45, 7) is 4.66. The van der Waals surface area contributed by atoms with Crippen LogP contribution in [0.5, 0.6) is 0 Å². The highest BCUT2D eigenvalue weighted by molar-refractivity contribution is 7.09. The fourth-order valence-corrected chi connectivity index (χ4v) is 2.36. The Bertz CT molecular complexity index is 638. The van der Waals surface area contributed by atoms with E-state index < -0.39 is 0 Å². The van der Waals surface area contributed by atoms with Crippen LogP contribution >= 0.6 is 11.3 Å². The van der Waals surface area contributed by atoms with E-state index in [1.54, 1.807) is 15.9 Å². The van der Waals surface area contributed by atoms with Crippen LogP contribution in [0.1, 0.15) is 41.9 Å². The van der Waals surface area contributed by atoms with Gasteiger partial charge in [0, 0.05) is 11.3 Å². The molecule has 2 heterocycles. The molecule has 0 aromatic carbocycles. The SMILES string of the molecule is CC(C)c1nc(Cn2cnc(C#N)c2C#N)cs1. The van der Waals surface area contributed by atoms with Gasteiger partial charge in [0.15, 0.2) is 11.4 Å². The molecule has 0 aliphatic heterocycles. The zero-order valence-corrected chi connectivity index (χ0v) is 10.9. The normalized spacial score (nSPS) is 10.3. The summed E-state index contributed by atoms with van der Waals surface area (Å²) < 4.78 is 1.65. The van der Waals surface area contributed by atoms with Crippen LogP contribution < -0.4 is 0 Å². The molecule has 6 heteroatoms. The summed E-state index contributed by atoms with van der Waals surface area (Å²) in [6.07, 6.45) is 1.51. The lowest BCUT2D eigenvalue weighted by Gasteiger charge is -2.00. The number of thiazole rings is 1. The van der Waals surface area contributed by atoms with Crippen LogP contribution in [0, 0.1) is 22.7 Å². The van der Waals surface area contributed by atoms with Gasteiger partial charge in [-0.2, -0.15) is 10.5 Å². The third-order valence-electron chi connectivity index (χ3n) is 2.45. The third kappa shape index (κ3) is 2.24. The molecule has 0 atom stereocenters. The van der Waals surface area contributed by atoms with Gasteiger partial charge in [0.2, 0.25) is 0 Å². The summed E-state index contributed by atoms with van der Waals surface area (Å²) in [5.74, 6) is 0.400. The maximum atomic E-state index is 9.01. The van der Waals surface area contributed by atoms with E-state index in [4.69, 9.17) is 10.5 Å². The van der Waals surface area contributed by atoms with Crippen LogP contribution in [0.25, 0.3) is 0 Å². The largest absolute Gasteiger partial charge is 0.315 e. The number of aromatic nitrogens is 3. The van der Waals surface area contributed by atoms with Gasteiger partial charge < -0.3 is 4.57 Å². The number of nitriles is 2. The topological polar surface area (TPSA) is 78.3 Å². The molecule has 90 valence electrons. The fraction of sp³-hybridized carbons (Fsp3) is 0.333. The predicted molar refractivity (Wildman–Crippen MR) is 67.0 cm³/mol. The van der Waals surface area contributed by atoms with Crippen molar-refractivity contribution in [1.82, 2.24) is 14.5 Å². The monoisotopic (exact) mass is 257 g/mol. The van der Waals surface area contributed by atoms with E-state index in [2.05, 4.69) is 23.8 Å². The quantitative estimate of drug-likeness (QED) is 0.844. The van der Waals surface area contributed by atoms with Crippen LogP contribution in [-0.4, -0.2) is 14.5 Å². The number of rotatable bonds is 3. The number of hydrogen-bond donors (Lipinski definition) is 0. The van der Waals surface area contributed by atoms with Gasteiger partial charge in [-0.3, -0.25) is 0 Å². The van der Waals surface area contributed by atoms with E-state index in [0.29, 0.717) is 12.5 Å². The first kappa shape index (κ1) is 12.3. The van der Waals surface area contributed by atoms with Crippen molar-refractivity contribution < 1.29 is 0 Å². The summed E-state index contributed by atoms with van der Waals surface area (Å²) in [4.78, 5) is 8.39. The Morgan fingerprint density at radius 1 is 1.39 bits per heavy atom. The summed E-state index contributed by atoms with van der Waals surface area (Å²) in [5.41, 5.74) is 1.34. The first-order valence-corrected chi connectivity index (χ1v) is 6.33. The van der Waals surface area contributed by atoms with Crippen molar-refractivity contribution in [3.8, 4) is 12.1 Å². The van der Waals surface area contributed by atoms with Gasteiger partial charge in [0.25, 0.3) is 0 Å². The highest BCUT2D eigenvalue weighted by atomic mass is 32.1.